The van der Waals surface area contributed by atoms with Crippen LogP contribution in [0.2, 0.25) is 0 Å². The highest BCUT2D eigenvalue weighted by molar-refractivity contribution is 5.76. The van der Waals surface area contributed by atoms with E-state index in [9.17, 15) is 14.0 Å². The zero-order valence-corrected chi connectivity index (χ0v) is 16.7. The van der Waals surface area contributed by atoms with Crippen molar-refractivity contribution in [2.24, 2.45) is 0 Å². The highest BCUT2D eigenvalue weighted by Crippen LogP contribution is 2.33. The fraction of sp³-hybridized carbons (Fsp3) is 0.391. The Morgan fingerprint density at radius 1 is 1.07 bits per heavy atom. The van der Waals surface area contributed by atoms with Gasteiger partial charge in [0.2, 0.25) is 5.91 Å². The highest BCUT2D eigenvalue weighted by atomic mass is 19.1. The second-order valence-corrected chi connectivity index (χ2v) is 7.55. The topological polar surface area (TPSA) is 59.1 Å². The van der Waals surface area contributed by atoms with Crippen LogP contribution in [0.5, 0.6) is 5.75 Å². The monoisotopic (exact) mass is 412 g/mol. The van der Waals surface area contributed by atoms with Crippen LogP contribution in [0.4, 0.5) is 9.18 Å². The van der Waals surface area contributed by atoms with E-state index in [1.54, 1.807) is 23.1 Å². The molecule has 2 saturated heterocycles. The smallest absolute Gasteiger partial charge is 0.410 e. The highest BCUT2D eigenvalue weighted by Gasteiger charge is 2.40. The molecule has 4 rings (SSSR count). The van der Waals surface area contributed by atoms with E-state index >= 15 is 0 Å². The third-order valence-corrected chi connectivity index (χ3v) is 5.72. The number of amides is 2. The molecule has 2 aliphatic rings. The number of ether oxygens (including phenoxy) is 2. The molecule has 2 aliphatic heterocycles. The minimum Gasteiger partial charge on any atom is -0.490 e. The van der Waals surface area contributed by atoms with Gasteiger partial charge in [-0.05, 0) is 30.5 Å². The van der Waals surface area contributed by atoms with Gasteiger partial charge in [0.25, 0.3) is 0 Å². The zero-order valence-electron chi connectivity index (χ0n) is 16.7. The lowest BCUT2D eigenvalue weighted by Gasteiger charge is -2.38. The molecule has 2 heterocycles. The van der Waals surface area contributed by atoms with Crippen molar-refractivity contribution in [3.63, 3.8) is 0 Å². The Labute approximate surface area is 175 Å². The molecular weight excluding hydrogens is 387 g/mol. The maximum atomic E-state index is 13.6. The molecule has 6 nitrogen and oxygen atoms in total. The maximum Gasteiger partial charge on any atom is 0.410 e. The first-order valence-electron chi connectivity index (χ1n) is 10.3. The molecule has 0 N–H and O–H groups in total. The first-order valence-corrected chi connectivity index (χ1v) is 10.3. The van der Waals surface area contributed by atoms with Crippen molar-refractivity contribution in [2.75, 3.05) is 26.3 Å². The van der Waals surface area contributed by atoms with Gasteiger partial charge in [0, 0.05) is 19.1 Å². The number of hydrogen-bond acceptors (Lipinski definition) is 4. The van der Waals surface area contributed by atoms with Gasteiger partial charge in [0.15, 0.2) is 11.6 Å². The predicted octanol–water partition coefficient (Wildman–Crippen LogP) is 3.78. The van der Waals surface area contributed by atoms with Crippen LogP contribution in [0, 0.1) is 5.82 Å². The van der Waals surface area contributed by atoms with E-state index in [0.717, 1.165) is 5.56 Å². The fourth-order valence-corrected chi connectivity index (χ4v) is 4.13. The molecule has 2 fully saturated rings. The molecule has 0 aliphatic carbocycles. The number of nitrogens with zero attached hydrogens (tertiary/aromatic N) is 2. The summed E-state index contributed by atoms with van der Waals surface area (Å²) in [5, 5.41) is 0. The summed E-state index contributed by atoms with van der Waals surface area (Å²) in [5.41, 5.74) is 1.06. The first kappa shape index (κ1) is 20.2. The molecule has 158 valence electrons. The third kappa shape index (κ3) is 4.40. The van der Waals surface area contributed by atoms with Gasteiger partial charge < -0.3 is 14.4 Å². The van der Waals surface area contributed by atoms with Crippen molar-refractivity contribution in [3.8, 4) is 5.75 Å². The molecule has 0 radical (unpaired) electrons. The number of likely N-dealkylation sites (tertiary alicyclic amines) is 1. The summed E-state index contributed by atoms with van der Waals surface area (Å²) in [6.45, 7) is 1.65. The summed E-state index contributed by atoms with van der Waals surface area (Å²) in [5.74, 6) is -0.298. The van der Waals surface area contributed by atoms with Crippen molar-refractivity contribution in [1.29, 1.82) is 0 Å². The van der Waals surface area contributed by atoms with E-state index in [0.29, 0.717) is 32.5 Å². The van der Waals surface area contributed by atoms with Gasteiger partial charge in [0.1, 0.15) is 6.61 Å². The lowest BCUT2D eigenvalue weighted by molar-refractivity contribution is -0.133. The summed E-state index contributed by atoms with van der Waals surface area (Å²) in [6, 6.07) is 16.0. The Kier molecular flexibility index (Phi) is 6.16. The second-order valence-electron chi connectivity index (χ2n) is 7.55. The summed E-state index contributed by atoms with van der Waals surface area (Å²) in [4.78, 5) is 28.5. The Morgan fingerprint density at radius 2 is 1.77 bits per heavy atom. The molecule has 0 unspecified atom stereocenters. The number of carbonyl (C=O) groups excluding carboxylic acids is 2. The van der Waals surface area contributed by atoms with Gasteiger partial charge in [0.05, 0.1) is 19.1 Å². The lowest BCUT2D eigenvalue weighted by atomic mass is 9.99. The van der Waals surface area contributed by atoms with Crippen LogP contribution in [0.1, 0.15) is 30.9 Å². The van der Waals surface area contributed by atoms with Gasteiger partial charge in [-0.2, -0.15) is 0 Å². The van der Waals surface area contributed by atoms with Crippen molar-refractivity contribution in [1.82, 2.24) is 9.80 Å². The van der Waals surface area contributed by atoms with Crippen LogP contribution in [0.25, 0.3) is 0 Å². The number of para-hydroxylation sites is 1. The van der Waals surface area contributed by atoms with Crippen LogP contribution >= 0.6 is 0 Å². The van der Waals surface area contributed by atoms with Crippen molar-refractivity contribution in [3.05, 3.63) is 66.0 Å². The molecule has 30 heavy (non-hydrogen) atoms. The standard InChI is InChI=1S/C23H25FN2O4/c24-19-8-4-5-9-21(19)29-15-12-22(27)25-13-10-18(11-14-25)26-20(16-30-23(26)28)17-6-2-1-3-7-17/h1-9,18,20H,10-16H2/t20-/m0/s1. The normalized spacial score (nSPS) is 19.6. The Balaban J connectivity index is 1.28. The number of piperidine rings is 1. The number of halogens is 1. The maximum absolute atomic E-state index is 13.6. The summed E-state index contributed by atoms with van der Waals surface area (Å²) >= 11 is 0. The quantitative estimate of drug-likeness (QED) is 0.725. The molecule has 0 saturated carbocycles. The zero-order chi connectivity index (χ0) is 20.9. The molecule has 2 aromatic carbocycles. The molecule has 1 atom stereocenters. The van der Waals surface area contributed by atoms with Gasteiger partial charge >= 0.3 is 6.09 Å². The number of carbonyl (C=O) groups is 2. The lowest BCUT2D eigenvalue weighted by Crippen LogP contribution is -2.48. The van der Waals surface area contributed by atoms with Gasteiger partial charge in [-0.15, -0.1) is 0 Å². The minimum atomic E-state index is -0.434. The van der Waals surface area contributed by atoms with Crippen LogP contribution in [-0.4, -0.2) is 54.1 Å². The van der Waals surface area contributed by atoms with E-state index in [1.165, 1.54) is 6.07 Å². The summed E-state index contributed by atoms with van der Waals surface area (Å²) in [6.07, 6.45) is 1.32. The average molecular weight is 412 g/mol. The SMILES string of the molecule is O=C(CCOc1ccccc1F)N1CCC(N2C(=O)OC[C@H]2c2ccccc2)CC1. The van der Waals surface area contributed by atoms with E-state index in [4.69, 9.17) is 9.47 Å². The number of cyclic esters (lactones) is 1. The van der Waals surface area contributed by atoms with Crippen LogP contribution < -0.4 is 4.74 Å². The predicted molar refractivity (Wildman–Crippen MR) is 108 cm³/mol. The number of benzene rings is 2. The summed E-state index contributed by atoms with van der Waals surface area (Å²) in [7, 11) is 0. The number of rotatable bonds is 6. The first-order chi connectivity index (χ1) is 14.6. The molecule has 0 bridgehead atoms. The van der Waals surface area contributed by atoms with Gasteiger partial charge in [-0.25, -0.2) is 9.18 Å². The molecular formula is C23H25FN2O4. The van der Waals surface area contributed by atoms with E-state index < -0.39 is 5.82 Å². The van der Waals surface area contributed by atoms with Gasteiger partial charge in [-0.3, -0.25) is 9.69 Å². The van der Waals surface area contributed by atoms with Crippen LogP contribution in [0.3, 0.4) is 0 Å². The Bertz CT molecular complexity index is 884. The third-order valence-electron chi connectivity index (χ3n) is 5.72. The summed E-state index contributed by atoms with van der Waals surface area (Å²) < 4.78 is 24.3. The Hall–Kier alpha value is -3.09. The van der Waals surface area contributed by atoms with E-state index in [2.05, 4.69) is 0 Å². The largest absolute Gasteiger partial charge is 0.490 e. The number of hydrogen-bond donors (Lipinski definition) is 0. The van der Waals surface area contributed by atoms with E-state index in [1.807, 2.05) is 35.2 Å². The molecule has 0 aromatic heterocycles. The van der Waals surface area contributed by atoms with Crippen molar-refractivity contribution >= 4 is 12.0 Å². The average Bonchev–Trinajstić information content (AvgIpc) is 3.17. The van der Waals surface area contributed by atoms with Crippen molar-refractivity contribution < 1.29 is 23.5 Å². The molecule has 7 heteroatoms. The van der Waals surface area contributed by atoms with Gasteiger partial charge in [-0.1, -0.05) is 42.5 Å². The van der Waals surface area contributed by atoms with Crippen LogP contribution in [0.15, 0.2) is 54.6 Å². The molecule has 2 amide bonds. The van der Waals surface area contributed by atoms with E-state index in [-0.39, 0.29) is 42.9 Å². The van der Waals surface area contributed by atoms with Crippen LogP contribution in [-0.2, 0) is 9.53 Å². The molecule has 2 aromatic rings. The fourth-order valence-electron chi connectivity index (χ4n) is 4.13. The molecule has 0 spiro atoms. The Morgan fingerprint density at radius 3 is 2.50 bits per heavy atom. The second kappa shape index (κ2) is 9.15. The van der Waals surface area contributed by atoms with Crippen molar-refractivity contribution in [2.45, 2.75) is 31.3 Å². The minimum absolute atomic E-state index is 0.0200.